The zero-order valence-electron chi connectivity index (χ0n) is 13.5. The third kappa shape index (κ3) is 3.72. The maximum absolute atomic E-state index is 12.0. The lowest BCUT2D eigenvalue weighted by Crippen LogP contribution is -2.29. The van der Waals surface area contributed by atoms with Gasteiger partial charge in [0.05, 0.1) is 12.8 Å². The van der Waals surface area contributed by atoms with E-state index in [1.165, 1.54) is 11.3 Å². The number of nitrogens with one attached hydrogen (secondary N) is 2. The van der Waals surface area contributed by atoms with E-state index in [0.29, 0.717) is 16.6 Å². The average Bonchev–Trinajstić information content (AvgIpc) is 2.96. The lowest BCUT2D eigenvalue weighted by molar-refractivity contribution is -0.132. The summed E-state index contributed by atoms with van der Waals surface area (Å²) in [6, 6.07) is 6.75. The van der Waals surface area contributed by atoms with E-state index in [1.54, 1.807) is 31.4 Å². The van der Waals surface area contributed by atoms with Crippen molar-refractivity contribution in [2.75, 3.05) is 31.3 Å². The van der Waals surface area contributed by atoms with Crippen molar-refractivity contribution in [2.24, 2.45) is 0 Å². The van der Waals surface area contributed by atoms with E-state index in [9.17, 15) is 9.59 Å². The van der Waals surface area contributed by atoms with Crippen LogP contribution in [0.15, 0.2) is 24.3 Å². The number of rotatable bonds is 3. The van der Waals surface area contributed by atoms with E-state index in [-0.39, 0.29) is 0 Å². The SMILES string of the molecule is COc1ccc(NC(=O)C(=O)Nc2nc3c(s2)CN(C)CC3)cc1. The topological polar surface area (TPSA) is 83.6 Å². The van der Waals surface area contributed by atoms with Crippen LogP contribution < -0.4 is 15.4 Å². The summed E-state index contributed by atoms with van der Waals surface area (Å²) in [7, 11) is 3.61. The number of nitrogens with zero attached hydrogens (tertiary/aromatic N) is 2. The smallest absolute Gasteiger partial charge is 0.315 e. The molecule has 2 amide bonds. The highest BCUT2D eigenvalue weighted by molar-refractivity contribution is 7.16. The predicted molar refractivity (Wildman–Crippen MR) is 92.4 cm³/mol. The standard InChI is InChI=1S/C16H18N4O3S/c1-20-8-7-12-13(9-20)24-16(18-12)19-15(22)14(21)17-10-3-5-11(23-2)6-4-10/h3-6H,7-9H2,1-2H3,(H,17,21)(H,18,19,22). The maximum Gasteiger partial charge on any atom is 0.315 e. The zero-order valence-corrected chi connectivity index (χ0v) is 14.3. The molecule has 2 aromatic rings. The molecular formula is C16H18N4O3S. The Bertz CT molecular complexity index is 757. The number of thiazole rings is 1. The minimum absolute atomic E-state index is 0.463. The summed E-state index contributed by atoms with van der Waals surface area (Å²) in [5.41, 5.74) is 1.53. The Balaban J connectivity index is 1.60. The van der Waals surface area contributed by atoms with Crippen molar-refractivity contribution in [3.05, 3.63) is 34.8 Å². The fourth-order valence-corrected chi connectivity index (χ4v) is 3.48. The zero-order chi connectivity index (χ0) is 17.1. The van der Waals surface area contributed by atoms with Gasteiger partial charge in [0, 0.05) is 30.1 Å². The van der Waals surface area contributed by atoms with E-state index >= 15 is 0 Å². The number of hydrogen-bond acceptors (Lipinski definition) is 6. The molecule has 1 aliphatic rings. The first-order chi connectivity index (χ1) is 11.5. The molecule has 3 rings (SSSR count). The van der Waals surface area contributed by atoms with Gasteiger partial charge in [-0.3, -0.25) is 14.9 Å². The van der Waals surface area contributed by atoms with Gasteiger partial charge in [0.25, 0.3) is 0 Å². The summed E-state index contributed by atoms with van der Waals surface area (Å²) in [6.07, 6.45) is 0.857. The molecule has 0 aliphatic carbocycles. The fraction of sp³-hybridized carbons (Fsp3) is 0.312. The Hall–Kier alpha value is -2.45. The van der Waals surface area contributed by atoms with Gasteiger partial charge in [-0.05, 0) is 31.3 Å². The van der Waals surface area contributed by atoms with Gasteiger partial charge in [0.15, 0.2) is 5.13 Å². The number of carbonyl (C=O) groups is 2. The van der Waals surface area contributed by atoms with E-state index in [1.807, 2.05) is 7.05 Å². The molecule has 0 atom stereocenters. The van der Waals surface area contributed by atoms with Crippen molar-refractivity contribution in [3.63, 3.8) is 0 Å². The maximum atomic E-state index is 12.0. The Morgan fingerprint density at radius 3 is 2.62 bits per heavy atom. The van der Waals surface area contributed by atoms with Gasteiger partial charge >= 0.3 is 11.8 Å². The Labute approximate surface area is 143 Å². The van der Waals surface area contributed by atoms with E-state index in [4.69, 9.17) is 4.74 Å². The third-order valence-corrected chi connectivity index (χ3v) is 4.69. The molecule has 0 saturated carbocycles. The largest absolute Gasteiger partial charge is 0.497 e. The van der Waals surface area contributed by atoms with Crippen molar-refractivity contribution in [2.45, 2.75) is 13.0 Å². The highest BCUT2D eigenvalue weighted by atomic mass is 32.1. The second-order valence-corrected chi connectivity index (χ2v) is 6.60. The van der Waals surface area contributed by atoms with Gasteiger partial charge in [-0.1, -0.05) is 0 Å². The van der Waals surface area contributed by atoms with Crippen LogP contribution in [-0.2, 0) is 22.6 Å². The number of fused-ring (bicyclic) bond motifs is 1. The average molecular weight is 346 g/mol. The van der Waals surface area contributed by atoms with Crippen LogP contribution in [0.5, 0.6) is 5.75 Å². The quantitative estimate of drug-likeness (QED) is 0.827. The second kappa shape index (κ2) is 6.98. The molecule has 8 heteroatoms. The molecule has 0 saturated heterocycles. The van der Waals surface area contributed by atoms with Gasteiger partial charge in [0.1, 0.15) is 5.75 Å². The number of anilines is 2. The monoisotopic (exact) mass is 346 g/mol. The summed E-state index contributed by atoms with van der Waals surface area (Å²) in [5.74, 6) is -0.786. The summed E-state index contributed by atoms with van der Waals surface area (Å²) in [4.78, 5) is 31.7. The van der Waals surface area contributed by atoms with Gasteiger partial charge < -0.3 is 15.0 Å². The van der Waals surface area contributed by atoms with Crippen LogP contribution in [0.2, 0.25) is 0 Å². The molecule has 0 radical (unpaired) electrons. The van der Waals surface area contributed by atoms with Crippen LogP contribution in [0.25, 0.3) is 0 Å². The van der Waals surface area contributed by atoms with Crippen molar-refractivity contribution in [1.29, 1.82) is 0 Å². The summed E-state index contributed by atoms with van der Waals surface area (Å²) in [5, 5.41) is 5.58. The number of hydrogen-bond donors (Lipinski definition) is 2. The molecule has 126 valence electrons. The highest BCUT2D eigenvalue weighted by Gasteiger charge is 2.21. The van der Waals surface area contributed by atoms with Gasteiger partial charge in [0.2, 0.25) is 0 Å². The molecule has 2 heterocycles. The van der Waals surface area contributed by atoms with Crippen LogP contribution in [0.3, 0.4) is 0 Å². The first-order valence-electron chi connectivity index (χ1n) is 7.48. The highest BCUT2D eigenvalue weighted by Crippen LogP contribution is 2.27. The molecule has 0 unspecified atom stereocenters. The molecular weight excluding hydrogens is 328 g/mol. The van der Waals surface area contributed by atoms with Crippen LogP contribution in [0, 0.1) is 0 Å². The third-order valence-electron chi connectivity index (χ3n) is 3.70. The normalized spacial score (nSPS) is 13.9. The number of carbonyl (C=O) groups excluding carboxylic acids is 2. The van der Waals surface area contributed by atoms with Crippen LogP contribution in [0.1, 0.15) is 10.6 Å². The lowest BCUT2D eigenvalue weighted by atomic mass is 10.2. The van der Waals surface area contributed by atoms with Crippen LogP contribution in [0.4, 0.5) is 10.8 Å². The van der Waals surface area contributed by atoms with Gasteiger partial charge in [-0.2, -0.15) is 0 Å². The minimum atomic E-state index is -0.731. The fourth-order valence-electron chi connectivity index (χ4n) is 2.39. The van der Waals surface area contributed by atoms with Crippen molar-refractivity contribution < 1.29 is 14.3 Å². The first-order valence-corrected chi connectivity index (χ1v) is 8.30. The van der Waals surface area contributed by atoms with Crippen LogP contribution >= 0.6 is 11.3 Å². The molecule has 0 bridgehead atoms. The van der Waals surface area contributed by atoms with Crippen molar-refractivity contribution in [3.8, 4) is 5.75 Å². The molecule has 0 fully saturated rings. The first kappa shape index (κ1) is 16.4. The molecule has 0 spiro atoms. The number of methoxy groups -OCH3 is 1. The molecule has 24 heavy (non-hydrogen) atoms. The lowest BCUT2D eigenvalue weighted by Gasteiger charge is -2.20. The van der Waals surface area contributed by atoms with E-state index < -0.39 is 11.8 Å². The number of benzene rings is 1. The molecule has 1 aliphatic heterocycles. The van der Waals surface area contributed by atoms with Gasteiger partial charge in [-0.25, -0.2) is 4.98 Å². The Morgan fingerprint density at radius 2 is 1.92 bits per heavy atom. The minimum Gasteiger partial charge on any atom is -0.497 e. The Morgan fingerprint density at radius 1 is 1.21 bits per heavy atom. The Kier molecular flexibility index (Phi) is 4.77. The molecule has 1 aromatic carbocycles. The van der Waals surface area contributed by atoms with Crippen molar-refractivity contribution in [1.82, 2.24) is 9.88 Å². The van der Waals surface area contributed by atoms with Crippen molar-refractivity contribution >= 4 is 34.0 Å². The molecule has 1 aromatic heterocycles. The number of ether oxygens (including phenoxy) is 1. The molecule has 2 N–H and O–H groups in total. The summed E-state index contributed by atoms with van der Waals surface area (Å²) in [6.45, 7) is 1.77. The predicted octanol–water partition coefficient (Wildman–Crippen LogP) is 1.72. The number of aromatic nitrogens is 1. The number of likely N-dealkylation sites (N-methyl/N-ethyl adjacent to an activating group) is 1. The van der Waals surface area contributed by atoms with Crippen LogP contribution in [-0.4, -0.2) is 42.4 Å². The van der Waals surface area contributed by atoms with E-state index in [2.05, 4.69) is 20.5 Å². The summed E-state index contributed by atoms with van der Waals surface area (Å²) < 4.78 is 5.05. The van der Waals surface area contributed by atoms with E-state index in [0.717, 1.165) is 30.1 Å². The second-order valence-electron chi connectivity index (χ2n) is 5.51. The molecule has 7 nitrogen and oxygen atoms in total. The number of amides is 2. The summed E-state index contributed by atoms with van der Waals surface area (Å²) >= 11 is 1.41. The van der Waals surface area contributed by atoms with Gasteiger partial charge in [-0.15, -0.1) is 11.3 Å².